The number of nitrogen functional groups attached to an aromatic ring is 1. The van der Waals surface area contributed by atoms with Crippen LogP contribution < -0.4 is 5.73 Å². The van der Waals surface area contributed by atoms with E-state index in [9.17, 15) is 4.39 Å². The number of aryl methyl sites for hydroxylation is 1. The number of nitrogens with two attached hydrogens (primary N) is 1. The summed E-state index contributed by atoms with van der Waals surface area (Å²) in [6.07, 6.45) is 0. The minimum Gasteiger partial charge on any atom is -0.369 e. The van der Waals surface area contributed by atoms with Crippen molar-refractivity contribution in [2.45, 2.75) is 6.92 Å². The highest BCUT2D eigenvalue weighted by atomic mass is 79.9. The Kier molecular flexibility index (Phi) is 3.18. The largest absolute Gasteiger partial charge is 0.369 e. The van der Waals surface area contributed by atoms with E-state index in [1.807, 2.05) is 25.1 Å². The van der Waals surface area contributed by atoms with Gasteiger partial charge in [-0.15, -0.1) is 0 Å². The van der Waals surface area contributed by atoms with Crippen molar-refractivity contribution in [3.8, 4) is 5.69 Å². The van der Waals surface area contributed by atoms with E-state index in [0.717, 1.165) is 15.7 Å². The van der Waals surface area contributed by atoms with E-state index in [-0.39, 0.29) is 5.02 Å². The van der Waals surface area contributed by atoms with Gasteiger partial charge < -0.3 is 5.73 Å². The third kappa shape index (κ3) is 2.17. The predicted molar refractivity (Wildman–Crippen MR) is 82.9 cm³/mol. The van der Waals surface area contributed by atoms with E-state index in [4.69, 9.17) is 17.3 Å². The first-order valence-corrected chi connectivity index (χ1v) is 7.03. The smallest absolute Gasteiger partial charge is 0.205 e. The van der Waals surface area contributed by atoms with Crippen LogP contribution in [-0.4, -0.2) is 9.55 Å². The van der Waals surface area contributed by atoms with Crippen LogP contribution in [0.3, 0.4) is 0 Å². The Hall–Kier alpha value is -1.59. The fourth-order valence-electron chi connectivity index (χ4n) is 2.21. The van der Waals surface area contributed by atoms with Gasteiger partial charge in [0.1, 0.15) is 5.82 Å². The van der Waals surface area contributed by atoms with Gasteiger partial charge in [-0.05, 0) is 36.8 Å². The zero-order chi connectivity index (χ0) is 14.4. The van der Waals surface area contributed by atoms with E-state index in [2.05, 4.69) is 20.9 Å². The number of nitrogens with zero attached hydrogens (tertiary/aromatic N) is 2. The normalized spacial score (nSPS) is 11.2. The standard InChI is InChI=1S/C14H10BrClFN3/c1-7-2-8(15)4-9(3-7)20-13-6-11(17)10(16)5-12(13)19-14(20)18/h2-6H,1H3,(H2,18,19). The van der Waals surface area contributed by atoms with Crippen molar-refractivity contribution < 1.29 is 4.39 Å². The summed E-state index contributed by atoms with van der Waals surface area (Å²) in [6.45, 7) is 1.97. The van der Waals surface area contributed by atoms with Gasteiger partial charge in [-0.3, -0.25) is 4.57 Å². The third-order valence-electron chi connectivity index (χ3n) is 3.01. The number of imidazole rings is 1. The van der Waals surface area contributed by atoms with Crippen LogP contribution >= 0.6 is 27.5 Å². The van der Waals surface area contributed by atoms with Crippen LogP contribution in [0.5, 0.6) is 0 Å². The molecule has 2 N–H and O–H groups in total. The van der Waals surface area contributed by atoms with Gasteiger partial charge in [-0.2, -0.15) is 0 Å². The van der Waals surface area contributed by atoms with Gasteiger partial charge in [0, 0.05) is 10.5 Å². The van der Waals surface area contributed by atoms with Gasteiger partial charge in [0.2, 0.25) is 5.95 Å². The van der Waals surface area contributed by atoms with E-state index in [0.29, 0.717) is 17.0 Å². The fraction of sp³-hybridized carbons (Fsp3) is 0.0714. The molecule has 0 spiro atoms. The summed E-state index contributed by atoms with van der Waals surface area (Å²) in [6, 6.07) is 8.66. The van der Waals surface area contributed by atoms with Gasteiger partial charge in [0.25, 0.3) is 0 Å². The van der Waals surface area contributed by atoms with Crippen molar-refractivity contribution in [2.24, 2.45) is 0 Å². The van der Waals surface area contributed by atoms with Gasteiger partial charge in [-0.25, -0.2) is 9.37 Å². The molecule has 0 bridgehead atoms. The number of anilines is 1. The summed E-state index contributed by atoms with van der Waals surface area (Å²) in [5.74, 6) is -0.203. The highest BCUT2D eigenvalue weighted by Gasteiger charge is 2.13. The average molecular weight is 355 g/mol. The lowest BCUT2D eigenvalue weighted by molar-refractivity contribution is 0.629. The first-order chi connectivity index (χ1) is 9.45. The van der Waals surface area contributed by atoms with Crippen LogP contribution in [0.25, 0.3) is 16.7 Å². The maximum Gasteiger partial charge on any atom is 0.205 e. The van der Waals surface area contributed by atoms with Crippen molar-refractivity contribution >= 4 is 44.5 Å². The minimum absolute atomic E-state index is 0.0348. The molecule has 0 aliphatic rings. The summed E-state index contributed by atoms with van der Waals surface area (Å²) in [5, 5.41) is 0.0348. The monoisotopic (exact) mass is 353 g/mol. The molecule has 0 unspecified atom stereocenters. The highest BCUT2D eigenvalue weighted by molar-refractivity contribution is 9.10. The molecule has 3 aromatic rings. The van der Waals surface area contributed by atoms with Crippen LogP contribution in [0.1, 0.15) is 5.56 Å². The summed E-state index contributed by atoms with van der Waals surface area (Å²) in [4.78, 5) is 4.23. The highest BCUT2D eigenvalue weighted by Crippen LogP contribution is 2.29. The van der Waals surface area contributed by atoms with Crippen LogP contribution in [0, 0.1) is 12.7 Å². The molecule has 0 fully saturated rings. The molecule has 1 heterocycles. The van der Waals surface area contributed by atoms with E-state index < -0.39 is 5.82 Å². The summed E-state index contributed by atoms with van der Waals surface area (Å²) in [5.41, 5.74) is 8.98. The molecule has 6 heteroatoms. The first kappa shape index (κ1) is 13.4. The Balaban J connectivity index is 2.35. The number of hydrogen-bond acceptors (Lipinski definition) is 2. The molecule has 2 aromatic carbocycles. The maximum absolute atomic E-state index is 13.7. The number of benzene rings is 2. The fourth-order valence-corrected chi connectivity index (χ4v) is 2.96. The molecule has 0 amide bonds. The van der Waals surface area contributed by atoms with Crippen molar-refractivity contribution in [3.05, 3.63) is 51.2 Å². The Morgan fingerprint density at radius 1 is 1.25 bits per heavy atom. The summed E-state index contributed by atoms with van der Waals surface area (Å²) in [7, 11) is 0. The minimum atomic E-state index is -0.493. The number of fused-ring (bicyclic) bond motifs is 1. The predicted octanol–water partition coefficient (Wildman–Crippen LogP) is 4.47. The molecule has 20 heavy (non-hydrogen) atoms. The van der Waals surface area contributed by atoms with E-state index in [1.54, 1.807) is 4.57 Å². The van der Waals surface area contributed by atoms with Crippen molar-refractivity contribution in [2.75, 3.05) is 5.73 Å². The first-order valence-electron chi connectivity index (χ1n) is 5.86. The molecule has 0 aliphatic carbocycles. The number of rotatable bonds is 1. The molecular formula is C14H10BrClFN3. The Bertz CT molecular complexity index is 809. The van der Waals surface area contributed by atoms with Crippen LogP contribution in [0.2, 0.25) is 5.02 Å². The van der Waals surface area contributed by atoms with Crippen LogP contribution in [0.4, 0.5) is 10.3 Å². The van der Waals surface area contributed by atoms with E-state index >= 15 is 0 Å². The van der Waals surface area contributed by atoms with Gasteiger partial charge in [-0.1, -0.05) is 27.5 Å². The Morgan fingerprint density at radius 3 is 2.70 bits per heavy atom. The second kappa shape index (κ2) is 4.75. The SMILES string of the molecule is Cc1cc(Br)cc(-n2c(N)nc3cc(Cl)c(F)cc32)c1. The number of hydrogen-bond donors (Lipinski definition) is 1. The lowest BCUT2D eigenvalue weighted by Crippen LogP contribution is -2.01. The topological polar surface area (TPSA) is 43.8 Å². The lowest BCUT2D eigenvalue weighted by atomic mass is 10.2. The Morgan fingerprint density at radius 2 is 2.00 bits per heavy atom. The van der Waals surface area contributed by atoms with Gasteiger partial charge >= 0.3 is 0 Å². The second-order valence-electron chi connectivity index (χ2n) is 4.55. The van der Waals surface area contributed by atoms with Crippen LogP contribution in [0.15, 0.2) is 34.8 Å². The average Bonchev–Trinajstić information content (AvgIpc) is 2.64. The van der Waals surface area contributed by atoms with Crippen molar-refractivity contribution in [1.82, 2.24) is 9.55 Å². The zero-order valence-corrected chi connectivity index (χ0v) is 12.8. The third-order valence-corrected chi connectivity index (χ3v) is 3.76. The van der Waals surface area contributed by atoms with Crippen molar-refractivity contribution in [1.29, 1.82) is 0 Å². The molecular weight excluding hydrogens is 345 g/mol. The molecule has 3 rings (SSSR count). The molecule has 0 saturated heterocycles. The van der Waals surface area contributed by atoms with E-state index in [1.165, 1.54) is 12.1 Å². The summed E-state index contributed by atoms with van der Waals surface area (Å²) >= 11 is 9.22. The second-order valence-corrected chi connectivity index (χ2v) is 5.87. The molecule has 0 aliphatic heterocycles. The zero-order valence-electron chi connectivity index (χ0n) is 10.5. The maximum atomic E-state index is 13.7. The quantitative estimate of drug-likeness (QED) is 0.700. The van der Waals surface area contributed by atoms with Crippen molar-refractivity contribution in [3.63, 3.8) is 0 Å². The lowest BCUT2D eigenvalue weighted by Gasteiger charge is -2.08. The number of aromatic nitrogens is 2. The Labute approximate surface area is 128 Å². The van der Waals surface area contributed by atoms with Gasteiger partial charge in [0.15, 0.2) is 0 Å². The molecule has 0 saturated carbocycles. The summed E-state index contributed by atoms with van der Waals surface area (Å²) < 4.78 is 16.3. The molecule has 1 aromatic heterocycles. The molecule has 0 atom stereocenters. The van der Waals surface area contributed by atoms with Crippen LogP contribution in [-0.2, 0) is 0 Å². The van der Waals surface area contributed by atoms with Gasteiger partial charge in [0.05, 0.1) is 21.7 Å². The molecule has 0 radical (unpaired) electrons. The molecule has 102 valence electrons. The number of halogens is 3. The molecule has 3 nitrogen and oxygen atoms in total.